The van der Waals surface area contributed by atoms with Crippen LogP contribution in [0.2, 0.25) is 5.02 Å². The van der Waals surface area contributed by atoms with Gasteiger partial charge in [0.25, 0.3) is 36.3 Å². The monoisotopic (exact) mass is 820 g/mol. The van der Waals surface area contributed by atoms with E-state index < -0.39 is 107 Å². The summed E-state index contributed by atoms with van der Waals surface area (Å²) in [6.45, 7) is 0. The molecule has 0 atom stereocenters. The van der Waals surface area contributed by atoms with Gasteiger partial charge in [0.05, 0.1) is 10.6 Å². The van der Waals surface area contributed by atoms with Crippen LogP contribution in [0.3, 0.4) is 0 Å². The highest BCUT2D eigenvalue weighted by Crippen LogP contribution is 2.46. The Balaban J connectivity index is 1.50. The van der Waals surface area contributed by atoms with Crippen LogP contribution in [0.4, 0.5) is 37.3 Å². The van der Waals surface area contributed by atoms with Crippen molar-refractivity contribution in [2.24, 2.45) is 10.2 Å². The predicted molar refractivity (Wildman–Crippen MR) is 188 cm³/mol. The van der Waals surface area contributed by atoms with Crippen molar-refractivity contribution in [2.75, 3.05) is 10.6 Å². The van der Waals surface area contributed by atoms with Crippen LogP contribution >= 0.6 is 11.6 Å². The number of aromatic hydroxyl groups is 1. The fourth-order valence-electron chi connectivity index (χ4n) is 5.23. The summed E-state index contributed by atoms with van der Waals surface area (Å²) in [6.07, 6.45) is -1.45. The third-order valence-corrected chi connectivity index (χ3v) is 10.5. The molecule has 0 bridgehead atoms. The highest BCUT2D eigenvalue weighted by atomic mass is 35.5. The summed E-state index contributed by atoms with van der Waals surface area (Å²) in [5.74, 6) is -4.06. The van der Waals surface area contributed by atoms with Crippen LogP contribution < -0.4 is 10.6 Å². The second kappa shape index (κ2) is 13.9. The minimum Gasteiger partial charge on any atom is -0.505 e. The van der Waals surface area contributed by atoms with Gasteiger partial charge in [0.1, 0.15) is 26.2 Å². The maximum absolute atomic E-state index is 13.8. The third kappa shape index (κ3) is 7.65. The molecular weight excluding hydrogens is 802 g/mol. The number of nitrogens with zero attached hydrogens (tertiary/aromatic N) is 4. The van der Waals surface area contributed by atoms with Gasteiger partial charge in [-0.3, -0.25) is 18.5 Å². The molecule has 6 N–H and O–H groups in total. The second-order valence-electron chi connectivity index (χ2n) is 11.0. The van der Waals surface area contributed by atoms with Crippen LogP contribution in [0.5, 0.6) is 5.75 Å². The highest BCUT2D eigenvalue weighted by molar-refractivity contribution is 7.86. The molecule has 0 aliphatic rings. The van der Waals surface area contributed by atoms with E-state index in [1.54, 1.807) is 6.07 Å². The van der Waals surface area contributed by atoms with Crippen LogP contribution in [-0.4, -0.2) is 59.9 Å². The number of carbonyl (C=O) groups excluding carboxylic acids is 1. The van der Waals surface area contributed by atoms with E-state index in [4.69, 9.17) is 11.6 Å². The number of hydrogen-bond donors (Lipinski definition) is 6. The quantitative estimate of drug-likeness (QED) is 0.0390. The largest absolute Gasteiger partial charge is 0.505 e. The van der Waals surface area contributed by atoms with E-state index in [0.717, 1.165) is 12.1 Å². The smallest absolute Gasteiger partial charge is 0.313 e. The van der Waals surface area contributed by atoms with E-state index in [9.17, 15) is 57.6 Å². The van der Waals surface area contributed by atoms with Crippen molar-refractivity contribution in [2.45, 2.75) is 14.7 Å². The molecule has 6 rings (SSSR count). The topological polar surface area (TPSA) is 275 Å². The molecule has 0 saturated carbocycles. The summed E-state index contributed by atoms with van der Waals surface area (Å²) in [5, 5.41) is 22.4. The molecule has 5 aromatic carbocycles. The van der Waals surface area contributed by atoms with E-state index >= 15 is 0 Å². The van der Waals surface area contributed by atoms with Crippen molar-refractivity contribution in [3.63, 3.8) is 0 Å². The average molecular weight is 821 g/mol. The van der Waals surface area contributed by atoms with Crippen molar-refractivity contribution in [3.8, 4) is 5.75 Å². The van der Waals surface area contributed by atoms with E-state index in [-0.39, 0.29) is 16.6 Å². The van der Waals surface area contributed by atoms with Crippen molar-refractivity contribution >= 4 is 98.0 Å². The van der Waals surface area contributed by atoms with Crippen LogP contribution in [0.1, 0.15) is 10.4 Å². The van der Waals surface area contributed by atoms with Crippen molar-refractivity contribution in [1.29, 1.82) is 0 Å². The van der Waals surface area contributed by atoms with Gasteiger partial charge in [0.2, 0.25) is 5.95 Å². The fraction of sp³-hybridized carbons (Fsp3) is 0. The van der Waals surface area contributed by atoms with Crippen LogP contribution in [0.25, 0.3) is 21.5 Å². The molecule has 0 saturated heterocycles. The molecule has 23 heteroatoms. The van der Waals surface area contributed by atoms with Gasteiger partial charge in [0, 0.05) is 22.0 Å². The lowest BCUT2D eigenvalue weighted by Gasteiger charge is -2.15. The van der Waals surface area contributed by atoms with Crippen molar-refractivity contribution < 1.29 is 57.6 Å². The molecule has 1 heterocycles. The Kier molecular flexibility index (Phi) is 9.78. The summed E-state index contributed by atoms with van der Waals surface area (Å²) >= 11 is 5.80. The van der Waals surface area contributed by atoms with Crippen LogP contribution in [-0.2, 0) is 30.4 Å². The lowest BCUT2D eigenvalue weighted by Crippen LogP contribution is -2.13. The Morgan fingerprint density at radius 2 is 1.50 bits per heavy atom. The maximum Gasteiger partial charge on any atom is 0.313 e. The second-order valence-corrected chi connectivity index (χ2v) is 15.6. The average Bonchev–Trinajstić information content (AvgIpc) is 3.08. The van der Waals surface area contributed by atoms with Crippen molar-refractivity contribution in [1.82, 2.24) is 9.97 Å². The molecular formula is C31H19ClF2N6O11S3. The Bertz CT molecular complexity index is 2950. The molecule has 0 fully saturated rings. The first-order valence-electron chi connectivity index (χ1n) is 14.5. The van der Waals surface area contributed by atoms with Gasteiger partial charge in [-0.25, -0.2) is 0 Å². The van der Waals surface area contributed by atoms with Gasteiger partial charge >= 0.3 is 6.08 Å². The number of phenolic OH excluding ortho intramolecular Hbond substituents is 1. The Morgan fingerprint density at radius 3 is 2.19 bits per heavy atom. The minimum atomic E-state index is -5.34. The summed E-state index contributed by atoms with van der Waals surface area (Å²) in [6, 6.07) is 15.5. The van der Waals surface area contributed by atoms with Crippen LogP contribution in [0.15, 0.2) is 104 Å². The molecule has 0 radical (unpaired) electrons. The number of carbonyl (C=O) groups is 1. The Morgan fingerprint density at radius 1 is 0.778 bits per heavy atom. The third-order valence-electron chi connectivity index (χ3n) is 7.49. The first-order valence-corrected chi connectivity index (χ1v) is 19.2. The maximum atomic E-state index is 13.8. The molecule has 54 heavy (non-hydrogen) atoms. The molecule has 17 nitrogen and oxygen atoms in total. The Labute approximate surface area is 307 Å². The molecule has 0 spiro atoms. The van der Waals surface area contributed by atoms with E-state index in [1.165, 1.54) is 42.5 Å². The fourth-order valence-corrected chi connectivity index (χ4v) is 7.40. The number of amides is 1. The number of phenols is 1. The zero-order valence-corrected chi connectivity index (χ0v) is 29.5. The summed E-state index contributed by atoms with van der Waals surface area (Å²) in [4.78, 5) is 16.9. The molecule has 6 aromatic rings. The van der Waals surface area contributed by atoms with Gasteiger partial charge in [0.15, 0.2) is 11.6 Å². The first kappa shape index (κ1) is 38.0. The van der Waals surface area contributed by atoms with Gasteiger partial charge in [-0.1, -0.05) is 48.0 Å². The summed E-state index contributed by atoms with van der Waals surface area (Å²) in [7, 11) is -15.4. The molecule has 0 aliphatic heterocycles. The zero-order chi connectivity index (χ0) is 39.3. The lowest BCUT2D eigenvalue weighted by atomic mass is 10.1. The number of hydrogen-bond acceptors (Lipinski definition) is 13. The van der Waals surface area contributed by atoms with Crippen LogP contribution in [0, 0.1) is 12.0 Å². The highest BCUT2D eigenvalue weighted by Gasteiger charge is 2.27. The zero-order valence-electron chi connectivity index (χ0n) is 26.3. The predicted octanol–water partition coefficient (Wildman–Crippen LogP) is 6.57. The summed E-state index contributed by atoms with van der Waals surface area (Å²) in [5.41, 5.74) is -2.33. The summed E-state index contributed by atoms with van der Waals surface area (Å²) < 4.78 is 132. The molecule has 0 unspecified atom stereocenters. The number of aromatic nitrogens is 2. The van der Waals surface area contributed by atoms with Gasteiger partial charge in [-0.15, -0.1) is 10.2 Å². The first-order chi connectivity index (χ1) is 25.2. The molecule has 1 aromatic heterocycles. The van der Waals surface area contributed by atoms with Gasteiger partial charge in [-0.2, -0.15) is 44.0 Å². The molecule has 1 amide bonds. The minimum absolute atomic E-state index is 0.00402. The van der Waals surface area contributed by atoms with E-state index in [0.29, 0.717) is 23.6 Å². The van der Waals surface area contributed by atoms with Gasteiger partial charge < -0.3 is 15.7 Å². The number of rotatable bonds is 9. The van der Waals surface area contributed by atoms with E-state index in [2.05, 4.69) is 30.8 Å². The standard InChI is InChI=1S/C31H19ClF2N6O11S3/c32-24-28(33)37-31(34)38-29(24)35-17-6-3-5-15(10-17)30(42)36-21-13-18(52(43,44)45)11-16-12-22(53(46,47)48)25(26(41)23(16)21)40-39-20-9-8-14-4-1-2-7-19(14)27(20)54(49,50)51/h1-13,41H,(H,36,42)(H,35,37,38)(H,43,44,45)(H,46,47,48)(H,49,50,51)/b40-39+. The number of nitrogens with one attached hydrogen (secondary N) is 2. The Hall–Kier alpha value is -5.75. The number of halogens is 3. The molecule has 0 aliphatic carbocycles. The van der Waals surface area contributed by atoms with Crippen molar-refractivity contribution in [3.05, 3.63) is 101 Å². The molecule has 278 valence electrons. The SMILES string of the molecule is O=C(Nc1cc(S(=O)(=O)O)cc2cc(S(=O)(=O)O)c(/N=N/c3ccc4ccccc4c3S(=O)(=O)O)c(O)c12)c1cccc(Nc2nc(F)nc(F)c2Cl)c1. The van der Waals surface area contributed by atoms with E-state index in [1.807, 2.05) is 0 Å². The number of benzene rings is 5. The normalized spacial score (nSPS) is 12.4. The number of azo groups is 1. The lowest BCUT2D eigenvalue weighted by molar-refractivity contribution is 0.102. The number of anilines is 3. The number of fused-ring (bicyclic) bond motifs is 2. The van der Waals surface area contributed by atoms with Gasteiger partial charge in [-0.05, 0) is 53.2 Å².